The average Bonchev–Trinajstić information content (AvgIpc) is 2.61. The van der Waals surface area contributed by atoms with E-state index in [1.807, 2.05) is 50.1 Å². The Morgan fingerprint density at radius 2 is 1.59 bits per heavy atom. The second kappa shape index (κ2) is 9.18. The zero-order valence-electron chi connectivity index (χ0n) is 17.5. The Bertz CT molecular complexity index is 849. The minimum atomic E-state index is -1.27. The van der Waals surface area contributed by atoms with Gasteiger partial charge in [0.1, 0.15) is 5.57 Å². The smallest absolute Gasteiger partial charge is 0.348 e. The van der Waals surface area contributed by atoms with Crippen molar-refractivity contribution in [1.82, 2.24) is 14.8 Å². The molecule has 0 aromatic carbocycles. The van der Waals surface area contributed by atoms with E-state index in [2.05, 4.69) is 9.98 Å². The fraction of sp³-hybridized carbons (Fsp3) is 0.333. The van der Waals surface area contributed by atoms with Crippen molar-refractivity contribution in [3.8, 4) is 0 Å². The number of pyridine rings is 1. The van der Waals surface area contributed by atoms with Crippen LogP contribution in [0.5, 0.6) is 0 Å². The fourth-order valence-electron chi connectivity index (χ4n) is 2.58. The van der Waals surface area contributed by atoms with E-state index < -0.39 is 17.7 Å². The zero-order valence-corrected chi connectivity index (χ0v) is 17.5. The number of aromatic nitrogens is 1. The summed E-state index contributed by atoms with van der Waals surface area (Å²) in [4.78, 5) is 36.5. The zero-order chi connectivity index (χ0) is 21.6. The number of hydrogen-bond acceptors (Lipinski definition) is 6. The van der Waals surface area contributed by atoms with Gasteiger partial charge in [-0.05, 0) is 35.4 Å². The Morgan fingerprint density at radius 3 is 2.10 bits per heavy atom. The number of rotatable bonds is 4. The normalized spacial score (nSPS) is 16.2. The number of nitrogens with zero attached hydrogens (tertiary/aromatic N) is 4. The van der Waals surface area contributed by atoms with Gasteiger partial charge in [-0.15, -0.1) is 0 Å². The molecule has 0 bridgehead atoms. The second-order valence-corrected chi connectivity index (χ2v) is 7.15. The Hall–Kier alpha value is -3.42. The SMILES string of the molecule is CN(C)C(=N/C=C/C(=C/C=C1C(=O)OC(C)(C)OC1=O)c1ccncc1)N(C)C. The first-order valence-corrected chi connectivity index (χ1v) is 8.99. The number of esters is 2. The van der Waals surface area contributed by atoms with Crippen molar-refractivity contribution < 1.29 is 19.1 Å². The van der Waals surface area contributed by atoms with Crippen molar-refractivity contribution in [1.29, 1.82) is 0 Å². The average molecular weight is 398 g/mol. The molecule has 154 valence electrons. The minimum absolute atomic E-state index is 0.171. The molecule has 0 aliphatic carbocycles. The number of hydrogen-bond donors (Lipinski definition) is 0. The lowest BCUT2D eigenvalue weighted by atomic mass is 10.1. The molecule has 1 saturated heterocycles. The summed E-state index contributed by atoms with van der Waals surface area (Å²) in [6.45, 7) is 3.01. The van der Waals surface area contributed by atoms with E-state index in [0.29, 0.717) is 0 Å². The molecule has 1 aromatic heterocycles. The molecule has 0 N–H and O–H groups in total. The van der Waals surface area contributed by atoms with Gasteiger partial charge in [-0.25, -0.2) is 14.6 Å². The van der Waals surface area contributed by atoms with Gasteiger partial charge in [0.05, 0.1) is 0 Å². The van der Waals surface area contributed by atoms with Crippen LogP contribution in [0.3, 0.4) is 0 Å². The molecule has 8 nitrogen and oxygen atoms in total. The molecule has 0 saturated carbocycles. The molecule has 0 amide bonds. The van der Waals surface area contributed by atoms with Crippen LogP contribution < -0.4 is 0 Å². The van der Waals surface area contributed by atoms with E-state index in [0.717, 1.165) is 17.1 Å². The maximum Gasteiger partial charge on any atom is 0.348 e. The highest BCUT2D eigenvalue weighted by atomic mass is 16.7. The van der Waals surface area contributed by atoms with E-state index in [4.69, 9.17) is 9.47 Å². The third-order valence-electron chi connectivity index (χ3n) is 3.80. The number of ether oxygens (including phenoxy) is 2. The van der Waals surface area contributed by atoms with Crippen LogP contribution in [-0.4, -0.2) is 66.7 Å². The van der Waals surface area contributed by atoms with Crippen LogP contribution in [0.2, 0.25) is 0 Å². The van der Waals surface area contributed by atoms with Crippen molar-refractivity contribution in [3.63, 3.8) is 0 Å². The Kier molecular flexibility index (Phi) is 6.93. The molecular formula is C21H26N4O4. The summed E-state index contributed by atoms with van der Waals surface area (Å²) in [5, 5.41) is 0. The van der Waals surface area contributed by atoms with Crippen LogP contribution in [-0.2, 0) is 19.1 Å². The molecule has 0 radical (unpaired) electrons. The van der Waals surface area contributed by atoms with Crippen LogP contribution >= 0.6 is 0 Å². The molecule has 2 rings (SSSR count). The molecule has 2 heterocycles. The highest BCUT2D eigenvalue weighted by Gasteiger charge is 2.38. The summed E-state index contributed by atoms with van der Waals surface area (Å²) < 4.78 is 10.2. The Balaban J connectivity index is 2.39. The number of carbonyl (C=O) groups is 2. The van der Waals surface area contributed by atoms with Gasteiger partial charge in [0, 0.05) is 60.6 Å². The van der Waals surface area contributed by atoms with E-state index in [-0.39, 0.29) is 5.57 Å². The van der Waals surface area contributed by atoms with Gasteiger partial charge in [0.2, 0.25) is 0 Å². The highest BCUT2D eigenvalue weighted by Crippen LogP contribution is 2.23. The summed E-state index contributed by atoms with van der Waals surface area (Å²) in [7, 11) is 7.61. The quantitative estimate of drug-likeness (QED) is 0.192. The number of guanidine groups is 1. The van der Waals surface area contributed by atoms with Gasteiger partial charge < -0.3 is 19.3 Å². The molecule has 1 fully saturated rings. The van der Waals surface area contributed by atoms with E-state index >= 15 is 0 Å². The van der Waals surface area contributed by atoms with Gasteiger partial charge in [0.25, 0.3) is 5.79 Å². The number of cyclic esters (lactones) is 2. The van der Waals surface area contributed by atoms with Gasteiger partial charge in [0.15, 0.2) is 5.96 Å². The number of aliphatic imine (C=N–C) groups is 1. The molecular weight excluding hydrogens is 372 g/mol. The first-order chi connectivity index (χ1) is 13.6. The Morgan fingerprint density at radius 1 is 1.03 bits per heavy atom. The fourth-order valence-corrected chi connectivity index (χ4v) is 2.58. The van der Waals surface area contributed by atoms with E-state index in [1.54, 1.807) is 30.7 Å². The summed E-state index contributed by atoms with van der Waals surface area (Å²) in [5.41, 5.74) is 1.40. The van der Waals surface area contributed by atoms with Crippen LogP contribution in [0.4, 0.5) is 0 Å². The van der Waals surface area contributed by atoms with Crippen molar-refractivity contribution >= 4 is 23.5 Å². The van der Waals surface area contributed by atoms with Gasteiger partial charge in [-0.2, -0.15) is 0 Å². The summed E-state index contributed by atoms with van der Waals surface area (Å²) in [6, 6.07) is 3.63. The molecule has 0 spiro atoms. The molecule has 0 unspecified atom stereocenters. The minimum Gasteiger partial charge on any atom is -0.419 e. The monoisotopic (exact) mass is 398 g/mol. The Labute approximate surface area is 170 Å². The molecule has 29 heavy (non-hydrogen) atoms. The predicted molar refractivity (Wildman–Crippen MR) is 111 cm³/mol. The molecule has 1 aliphatic heterocycles. The van der Waals surface area contributed by atoms with Gasteiger partial charge in [-0.3, -0.25) is 4.98 Å². The lowest BCUT2D eigenvalue weighted by molar-refractivity contribution is -0.222. The van der Waals surface area contributed by atoms with Gasteiger partial charge in [-0.1, -0.05) is 6.08 Å². The first-order valence-electron chi connectivity index (χ1n) is 8.99. The predicted octanol–water partition coefficient (Wildman–Crippen LogP) is 2.22. The summed E-state index contributed by atoms with van der Waals surface area (Å²) in [6.07, 6.45) is 9.78. The second-order valence-electron chi connectivity index (χ2n) is 7.15. The maximum atomic E-state index is 12.1. The number of carbonyl (C=O) groups excluding carboxylic acids is 2. The van der Waals surface area contributed by atoms with Crippen molar-refractivity contribution in [2.45, 2.75) is 19.6 Å². The third kappa shape index (κ3) is 6.03. The summed E-state index contributed by atoms with van der Waals surface area (Å²) in [5.74, 6) is -1.95. The number of allylic oxidation sites excluding steroid dienone is 4. The third-order valence-corrected chi connectivity index (χ3v) is 3.80. The van der Waals surface area contributed by atoms with Gasteiger partial charge >= 0.3 is 11.9 Å². The lowest BCUT2D eigenvalue weighted by Gasteiger charge is -2.29. The topological polar surface area (TPSA) is 84.3 Å². The van der Waals surface area contributed by atoms with E-state index in [1.165, 1.54) is 19.9 Å². The van der Waals surface area contributed by atoms with Crippen molar-refractivity contribution in [2.75, 3.05) is 28.2 Å². The largest absolute Gasteiger partial charge is 0.419 e. The van der Waals surface area contributed by atoms with Crippen LogP contribution in [0.25, 0.3) is 5.57 Å². The molecule has 1 aliphatic rings. The van der Waals surface area contributed by atoms with E-state index in [9.17, 15) is 9.59 Å². The standard InChI is InChI=1S/C21H26N4O4/c1-21(2)28-18(26)17(19(27)29-21)8-7-15(16-9-12-22-13-10-16)11-14-23-20(24(3)4)25(5)6/h7-14H,1-6H3/b14-11+,15-7-. The van der Waals surface area contributed by atoms with Crippen LogP contribution in [0.1, 0.15) is 19.4 Å². The molecule has 0 atom stereocenters. The first kappa shape index (κ1) is 21.9. The maximum absolute atomic E-state index is 12.1. The highest BCUT2D eigenvalue weighted by molar-refractivity contribution is 6.15. The van der Waals surface area contributed by atoms with Crippen molar-refractivity contribution in [2.24, 2.45) is 4.99 Å². The van der Waals surface area contributed by atoms with Crippen LogP contribution in [0, 0.1) is 0 Å². The lowest BCUT2D eigenvalue weighted by Crippen LogP contribution is -2.41. The summed E-state index contributed by atoms with van der Waals surface area (Å²) >= 11 is 0. The van der Waals surface area contributed by atoms with Crippen LogP contribution in [0.15, 0.2) is 59.5 Å². The molecule has 8 heteroatoms. The van der Waals surface area contributed by atoms with Crippen molar-refractivity contribution in [3.05, 3.63) is 60.1 Å². The molecule has 1 aromatic rings.